The highest BCUT2D eigenvalue weighted by Gasteiger charge is 2.27. The van der Waals surface area contributed by atoms with E-state index in [0.717, 1.165) is 6.07 Å². The second-order valence-electron chi connectivity index (χ2n) is 4.50. The molecule has 106 valence electrons. The van der Waals surface area contributed by atoms with E-state index in [-0.39, 0.29) is 23.1 Å². The molecule has 0 saturated heterocycles. The van der Waals surface area contributed by atoms with Gasteiger partial charge in [-0.1, -0.05) is 19.0 Å². The van der Waals surface area contributed by atoms with Crippen molar-refractivity contribution in [2.45, 2.75) is 19.8 Å². The van der Waals surface area contributed by atoms with Gasteiger partial charge in [0.25, 0.3) is 5.69 Å². The van der Waals surface area contributed by atoms with E-state index in [1.807, 2.05) is 0 Å². The molecule has 0 aliphatic heterocycles. The lowest BCUT2D eigenvalue weighted by atomic mass is 9.97. The van der Waals surface area contributed by atoms with E-state index < -0.39 is 22.2 Å². The van der Waals surface area contributed by atoms with Crippen LogP contribution in [0.25, 0.3) is 11.3 Å². The van der Waals surface area contributed by atoms with Gasteiger partial charge in [-0.3, -0.25) is 10.1 Å². The molecular formula is C12H11F2N3O3. The number of benzene rings is 1. The first-order valence-electron chi connectivity index (χ1n) is 5.71. The van der Waals surface area contributed by atoms with E-state index in [0.29, 0.717) is 11.6 Å². The maximum Gasteiger partial charge on any atom is 0.282 e. The topological polar surface area (TPSA) is 95.2 Å². The van der Waals surface area contributed by atoms with Crippen LogP contribution >= 0.6 is 0 Å². The van der Waals surface area contributed by atoms with E-state index in [1.165, 1.54) is 0 Å². The van der Waals surface area contributed by atoms with Gasteiger partial charge in [0.1, 0.15) is 5.69 Å². The van der Waals surface area contributed by atoms with Crippen LogP contribution in [0.5, 0.6) is 0 Å². The van der Waals surface area contributed by atoms with Gasteiger partial charge in [-0.15, -0.1) is 0 Å². The lowest BCUT2D eigenvalue weighted by molar-refractivity contribution is -0.384. The fraction of sp³-hybridized carbons (Fsp3) is 0.250. The maximum absolute atomic E-state index is 13.4. The predicted octanol–water partition coefficient (Wildman–Crippen LogP) is 3.23. The molecule has 0 amide bonds. The number of nitrogen functional groups attached to an aromatic ring is 1. The first-order valence-corrected chi connectivity index (χ1v) is 5.71. The Hall–Kier alpha value is -2.51. The normalized spacial score (nSPS) is 11.1. The van der Waals surface area contributed by atoms with Gasteiger partial charge < -0.3 is 10.3 Å². The van der Waals surface area contributed by atoms with Gasteiger partial charge in [-0.2, -0.15) is 0 Å². The highest BCUT2D eigenvalue weighted by molar-refractivity contribution is 5.75. The van der Waals surface area contributed by atoms with E-state index in [1.54, 1.807) is 13.8 Å². The average molecular weight is 283 g/mol. The van der Waals surface area contributed by atoms with Crippen LogP contribution in [0.3, 0.4) is 0 Å². The molecule has 2 rings (SSSR count). The van der Waals surface area contributed by atoms with Gasteiger partial charge in [-0.25, -0.2) is 8.78 Å². The molecule has 8 heteroatoms. The standard InChI is InChI=1S/C12H11F2N3O3/c1-5(2)10-11(16-20-12(10)15)6-3-7(13)8(14)4-9(6)17(18)19/h3-5H,15H2,1-2H3. The number of nitrogens with zero attached hydrogens (tertiary/aromatic N) is 2. The first kappa shape index (κ1) is 13.9. The van der Waals surface area contributed by atoms with Gasteiger partial charge in [-0.05, 0) is 12.0 Å². The van der Waals surface area contributed by atoms with Crippen LogP contribution in [-0.4, -0.2) is 10.1 Å². The van der Waals surface area contributed by atoms with Crippen LogP contribution in [0.1, 0.15) is 25.3 Å². The Bertz CT molecular complexity index is 683. The van der Waals surface area contributed by atoms with Crippen LogP contribution in [0, 0.1) is 21.7 Å². The predicted molar refractivity (Wildman–Crippen MR) is 67.0 cm³/mol. The summed E-state index contributed by atoms with van der Waals surface area (Å²) in [7, 11) is 0. The quantitative estimate of drug-likeness (QED) is 0.689. The molecule has 0 bridgehead atoms. The van der Waals surface area contributed by atoms with Gasteiger partial charge in [0.05, 0.1) is 16.6 Å². The SMILES string of the molecule is CC(C)c1c(-c2cc(F)c(F)cc2[N+](=O)[O-])noc1N. The van der Waals surface area contributed by atoms with Crippen molar-refractivity contribution in [3.05, 3.63) is 39.4 Å². The molecule has 0 fully saturated rings. The summed E-state index contributed by atoms with van der Waals surface area (Å²) in [6.45, 7) is 3.55. The summed E-state index contributed by atoms with van der Waals surface area (Å²) in [6.07, 6.45) is 0. The number of anilines is 1. The maximum atomic E-state index is 13.4. The van der Waals surface area contributed by atoms with E-state index in [4.69, 9.17) is 10.3 Å². The molecule has 0 unspecified atom stereocenters. The van der Waals surface area contributed by atoms with Gasteiger partial charge in [0, 0.05) is 5.56 Å². The van der Waals surface area contributed by atoms with Crippen molar-refractivity contribution < 1.29 is 18.2 Å². The van der Waals surface area contributed by atoms with Crippen molar-refractivity contribution in [3.8, 4) is 11.3 Å². The molecule has 1 aromatic carbocycles. The zero-order valence-corrected chi connectivity index (χ0v) is 10.7. The van der Waals surface area contributed by atoms with Crippen LogP contribution in [0.2, 0.25) is 0 Å². The third-order valence-corrected chi connectivity index (χ3v) is 2.82. The number of rotatable bonds is 3. The van der Waals surface area contributed by atoms with Crippen molar-refractivity contribution in [1.29, 1.82) is 0 Å². The third-order valence-electron chi connectivity index (χ3n) is 2.82. The Morgan fingerprint density at radius 2 is 1.95 bits per heavy atom. The molecule has 2 N–H and O–H groups in total. The number of aromatic nitrogens is 1. The van der Waals surface area contributed by atoms with E-state index in [2.05, 4.69) is 5.16 Å². The molecule has 0 spiro atoms. The molecule has 0 atom stereocenters. The zero-order chi connectivity index (χ0) is 15.0. The summed E-state index contributed by atoms with van der Waals surface area (Å²) in [5.41, 5.74) is 5.30. The Kier molecular flexibility index (Phi) is 3.39. The molecule has 1 heterocycles. The van der Waals surface area contributed by atoms with Crippen molar-refractivity contribution >= 4 is 11.6 Å². The molecule has 6 nitrogen and oxygen atoms in total. The molecule has 0 aliphatic rings. The smallest absolute Gasteiger partial charge is 0.282 e. The van der Waals surface area contributed by atoms with E-state index >= 15 is 0 Å². The number of hydrogen-bond donors (Lipinski definition) is 1. The third kappa shape index (κ3) is 2.20. The molecule has 0 aliphatic carbocycles. The fourth-order valence-corrected chi connectivity index (χ4v) is 1.94. The second-order valence-corrected chi connectivity index (χ2v) is 4.50. The fourth-order valence-electron chi connectivity index (χ4n) is 1.94. The molecule has 0 saturated carbocycles. The zero-order valence-electron chi connectivity index (χ0n) is 10.7. The van der Waals surface area contributed by atoms with Crippen molar-refractivity contribution in [1.82, 2.24) is 5.16 Å². The number of nitro groups is 1. The highest BCUT2D eigenvalue weighted by atomic mass is 19.2. The van der Waals surface area contributed by atoms with Crippen molar-refractivity contribution in [2.75, 3.05) is 5.73 Å². The Morgan fingerprint density at radius 3 is 2.50 bits per heavy atom. The molecule has 2 aromatic rings. The number of hydrogen-bond acceptors (Lipinski definition) is 5. The lowest BCUT2D eigenvalue weighted by Gasteiger charge is -2.06. The minimum Gasteiger partial charge on any atom is -0.367 e. The number of nitro benzene ring substituents is 1. The van der Waals surface area contributed by atoms with Crippen LogP contribution < -0.4 is 5.73 Å². The molecule has 20 heavy (non-hydrogen) atoms. The first-order chi connectivity index (χ1) is 9.32. The van der Waals surface area contributed by atoms with Crippen molar-refractivity contribution in [3.63, 3.8) is 0 Å². The largest absolute Gasteiger partial charge is 0.367 e. The number of halogens is 2. The van der Waals surface area contributed by atoms with Gasteiger partial charge >= 0.3 is 0 Å². The summed E-state index contributed by atoms with van der Waals surface area (Å²) in [5.74, 6) is -2.66. The Morgan fingerprint density at radius 1 is 1.35 bits per heavy atom. The average Bonchev–Trinajstić information content (AvgIpc) is 2.73. The minimum atomic E-state index is -1.30. The summed E-state index contributed by atoms with van der Waals surface area (Å²) >= 11 is 0. The monoisotopic (exact) mass is 283 g/mol. The van der Waals surface area contributed by atoms with Crippen LogP contribution in [0.15, 0.2) is 16.7 Å². The van der Waals surface area contributed by atoms with Crippen LogP contribution in [0.4, 0.5) is 20.4 Å². The Balaban J connectivity index is 2.75. The van der Waals surface area contributed by atoms with Gasteiger partial charge in [0.2, 0.25) is 5.88 Å². The summed E-state index contributed by atoms with van der Waals surface area (Å²) < 4.78 is 31.3. The van der Waals surface area contributed by atoms with Crippen molar-refractivity contribution in [2.24, 2.45) is 0 Å². The van der Waals surface area contributed by atoms with Crippen LogP contribution in [-0.2, 0) is 0 Å². The van der Waals surface area contributed by atoms with E-state index in [9.17, 15) is 18.9 Å². The minimum absolute atomic E-state index is 0.00553. The molecule has 1 aromatic heterocycles. The molecular weight excluding hydrogens is 272 g/mol. The summed E-state index contributed by atoms with van der Waals surface area (Å²) in [6, 6.07) is 1.23. The summed E-state index contributed by atoms with van der Waals surface area (Å²) in [5, 5.41) is 14.6. The Labute approximate surface area is 112 Å². The number of nitrogens with two attached hydrogens (primary N) is 1. The van der Waals surface area contributed by atoms with Gasteiger partial charge in [0.15, 0.2) is 11.6 Å². The second kappa shape index (κ2) is 4.87. The summed E-state index contributed by atoms with van der Waals surface area (Å²) in [4.78, 5) is 10.2. The molecule has 0 radical (unpaired) electrons. The highest BCUT2D eigenvalue weighted by Crippen LogP contribution is 2.38. The lowest BCUT2D eigenvalue weighted by Crippen LogP contribution is -1.99.